The van der Waals surface area contributed by atoms with Crippen molar-refractivity contribution in [1.29, 1.82) is 0 Å². The molecular formula is C16H19BrClNO2. The van der Waals surface area contributed by atoms with Gasteiger partial charge in [0, 0.05) is 22.6 Å². The van der Waals surface area contributed by atoms with Crippen molar-refractivity contribution in [2.75, 3.05) is 0 Å². The smallest absolute Gasteiger partial charge is 0.146 e. The number of benzene rings is 1. The molecule has 0 spiro atoms. The van der Waals surface area contributed by atoms with Crippen LogP contribution >= 0.6 is 27.5 Å². The molecule has 114 valence electrons. The fourth-order valence-electron chi connectivity index (χ4n) is 1.89. The predicted octanol–water partition coefficient (Wildman–Crippen LogP) is 5.08. The molecule has 0 aliphatic heterocycles. The number of halogens is 2. The van der Waals surface area contributed by atoms with Gasteiger partial charge in [0.25, 0.3) is 0 Å². The van der Waals surface area contributed by atoms with Crippen molar-refractivity contribution in [3.8, 4) is 5.75 Å². The van der Waals surface area contributed by atoms with Crippen LogP contribution in [0.15, 0.2) is 33.2 Å². The van der Waals surface area contributed by atoms with Gasteiger partial charge in [0.05, 0.1) is 5.02 Å². The van der Waals surface area contributed by atoms with E-state index < -0.39 is 0 Å². The monoisotopic (exact) mass is 371 g/mol. The van der Waals surface area contributed by atoms with E-state index in [1.165, 1.54) is 0 Å². The highest BCUT2D eigenvalue weighted by atomic mass is 79.9. The third-order valence-electron chi connectivity index (χ3n) is 3.04. The minimum atomic E-state index is 0.360. The molecule has 3 nitrogen and oxygen atoms in total. The maximum absolute atomic E-state index is 6.10. The summed E-state index contributed by atoms with van der Waals surface area (Å²) in [5, 5.41) is 3.96. The molecule has 2 aromatic rings. The molecule has 5 heteroatoms. The van der Waals surface area contributed by atoms with E-state index in [-0.39, 0.29) is 0 Å². The van der Waals surface area contributed by atoms with E-state index in [0.29, 0.717) is 23.4 Å². The summed E-state index contributed by atoms with van der Waals surface area (Å²) >= 11 is 9.50. The van der Waals surface area contributed by atoms with E-state index in [4.69, 9.17) is 20.8 Å². The molecule has 1 N–H and O–H groups in total. The molecule has 1 aromatic heterocycles. The summed E-state index contributed by atoms with van der Waals surface area (Å²) in [4.78, 5) is 0. The second kappa shape index (κ2) is 7.34. The predicted molar refractivity (Wildman–Crippen MR) is 88.9 cm³/mol. The highest BCUT2D eigenvalue weighted by Gasteiger charge is 2.10. The first-order valence-corrected chi connectivity index (χ1v) is 8.02. The van der Waals surface area contributed by atoms with Crippen LogP contribution < -0.4 is 10.1 Å². The second-order valence-electron chi connectivity index (χ2n) is 5.19. The second-order valence-corrected chi connectivity index (χ2v) is 6.52. The summed E-state index contributed by atoms with van der Waals surface area (Å²) in [5.41, 5.74) is 1.16. The highest BCUT2D eigenvalue weighted by Crippen LogP contribution is 2.29. The fourth-order valence-corrected chi connectivity index (χ4v) is 2.40. The van der Waals surface area contributed by atoms with Crippen molar-refractivity contribution in [2.45, 2.75) is 40.0 Å². The molecule has 0 unspecified atom stereocenters. The molecular weight excluding hydrogens is 354 g/mol. The molecule has 0 saturated carbocycles. The lowest BCUT2D eigenvalue weighted by Crippen LogP contribution is -2.21. The van der Waals surface area contributed by atoms with E-state index >= 15 is 0 Å². The number of aryl methyl sites for hydroxylation is 1. The third kappa shape index (κ3) is 4.77. The topological polar surface area (TPSA) is 34.4 Å². The molecule has 2 rings (SSSR count). The summed E-state index contributed by atoms with van der Waals surface area (Å²) in [6, 6.07) is 7.99. The summed E-state index contributed by atoms with van der Waals surface area (Å²) in [7, 11) is 0. The molecule has 0 atom stereocenters. The van der Waals surface area contributed by atoms with Crippen LogP contribution in [0.5, 0.6) is 5.75 Å². The summed E-state index contributed by atoms with van der Waals surface area (Å²) in [5.74, 6) is 2.35. The summed E-state index contributed by atoms with van der Waals surface area (Å²) < 4.78 is 12.4. The Morgan fingerprint density at radius 3 is 2.81 bits per heavy atom. The average molecular weight is 373 g/mol. The van der Waals surface area contributed by atoms with Gasteiger partial charge in [0.15, 0.2) is 0 Å². The van der Waals surface area contributed by atoms with E-state index in [0.717, 1.165) is 28.1 Å². The maximum atomic E-state index is 6.10. The zero-order valence-corrected chi connectivity index (χ0v) is 14.7. The van der Waals surface area contributed by atoms with Crippen molar-refractivity contribution in [3.05, 3.63) is 50.8 Å². The Morgan fingerprint density at radius 1 is 1.33 bits per heavy atom. The molecule has 0 aliphatic carbocycles. The van der Waals surface area contributed by atoms with Crippen LogP contribution in [-0.2, 0) is 13.2 Å². The lowest BCUT2D eigenvalue weighted by molar-refractivity contribution is 0.267. The normalized spacial score (nSPS) is 11.1. The Morgan fingerprint density at radius 2 is 2.10 bits per heavy atom. The molecule has 0 radical (unpaired) electrons. The van der Waals surface area contributed by atoms with Crippen LogP contribution in [0.3, 0.4) is 0 Å². The Kier molecular flexibility index (Phi) is 5.73. The van der Waals surface area contributed by atoms with Gasteiger partial charge in [-0.05, 0) is 31.2 Å². The Labute approximate surface area is 138 Å². The van der Waals surface area contributed by atoms with Crippen molar-refractivity contribution < 1.29 is 9.15 Å². The highest BCUT2D eigenvalue weighted by molar-refractivity contribution is 9.10. The van der Waals surface area contributed by atoms with E-state index in [9.17, 15) is 0 Å². The van der Waals surface area contributed by atoms with Gasteiger partial charge >= 0.3 is 0 Å². The first-order valence-electron chi connectivity index (χ1n) is 6.85. The zero-order valence-electron chi connectivity index (χ0n) is 12.4. The molecule has 0 saturated heterocycles. The number of ether oxygens (including phenoxy) is 1. The largest absolute Gasteiger partial charge is 0.484 e. The van der Waals surface area contributed by atoms with Crippen LogP contribution in [0.1, 0.15) is 30.9 Å². The molecule has 0 aliphatic rings. The number of rotatable bonds is 6. The minimum Gasteiger partial charge on any atom is -0.484 e. The van der Waals surface area contributed by atoms with Crippen LogP contribution in [-0.4, -0.2) is 6.04 Å². The van der Waals surface area contributed by atoms with Crippen LogP contribution in [0.4, 0.5) is 0 Å². The van der Waals surface area contributed by atoms with Gasteiger partial charge in [0.1, 0.15) is 23.9 Å². The van der Waals surface area contributed by atoms with Gasteiger partial charge in [0.2, 0.25) is 0 Å². The summed E-state index contributed by atoms with van der Waals surface area (Å²) in [6.07, 6.45) is 0. The van der Waals surface area contributed by atoms with Crippen molar-refractivity contribution in [2.24, 2.45) is 0 Å². The lowest BCUT2D eigenvalue weighted by atomic mass is 10.2. The third-order valence-corrected chi connectivity index (χ3v) is 3.84. The van der Waals surface area contributed by atoms with Crippen LogP contribution in [0, 0.1) is 6.92 Å². The molecule has 1 heterocycles. The Bertz CT molecular complexity index is 610. The zero-order chi connectivity index (χ0) is 15.4. The van der Waals surface area contributed by atoms with Crippen LogP contribution in [0.25, 0.3) is 0 Å². The lowest BCUT2D eigenvalue weighted by Gasteiger charge is -2.06. The summed E-state index contributed by atoms with van der Waals surface area (Å²) in [6.45, 7) is 7.36. The Balaban J connectivity index is 2.00. The number of hydrogen-bond donors (Lipinski definition) is 1. The molecule has 0 bridgehead atoms. The Hall–Kier alpha value is -0.970. The quantitative estimate of drug-likeness (QED) is 0.767. The molecule has 0 fully saturated rings. The van der Waals surface area contributed by atoms with Gasteiger partial charge < -0.3 is 14.5 Å². The molecule has 0 amide bonds. The van der Waals surface area contributed by atoms with Gasteiger partial charge in [-0.3, -0.25) is 0 Å². The first kappa shape index (κ1) is 16.4. The number of nitrogens with one attached hydrogen (secondary N) is 1. The standard InChI is InChI=1S/C16H19BrClNO2/c1-10(2)19-8-12-6-14(21-11(12)3)9-20-16-7-13(17)4-5-15(16)18/h4-7,10,19H,8-9H2,1-3H3. The van der Waals surface area contributed by atoms with Gasteiger partial charge in [-0.2, -0.15) is 0 Å². The average Bonchev–Trinajstić information content (AvgIpc) is 2.78. The van der Waals surface area contributed by atoms with Crippen molar-refractivity contribution >= 4 is 27.5 Å². The fraction of sp³-hybridized carbons (Fsp3) is 0.375. The number of hydrogen-bond acceptors (Lipinski definition) is 3. The van der Waals surface area contributed by atoms with Gasteiger partial charge in [-0.1, -0.05) is 41.4 Å². The van der Waals surface area contributed by atoms with E-state index in [1.807, 2.05) is 25.1 Å². The molecule has 21 heavy (non-hydrogen) atoms. The number of furan rings is 1. The molecule has 1 aromatic carbocycles. The first-order chi connectivity index (χ1) is 9.95. The van der Waals surface area contributed by atoms with Crippen molar-refractivity contribution in [1.82, 2.24) is 5.32 Å². The van der Waals surface area contributed by atoms with Crippen LogP contribution in [0.2, 0.25) is 5.02 Å². The van der Waals surface area contributed by atoms with Crippen molar-refractivity contribution in [3.63, 3.8) is 0 Å². The van der Waals surface area contributed by atoms with Gasteiger partial charge in [-0.15, -0.1) is 0 Å². The van der Waals surface area contributed by atoms with Gasteiger partial charge in [-0.25, -0.2) is 0 Å². The minimum absolute atomic E-state index is 0.360. The SMILES string of the molecule is Cc1oc(COc2cc(Br)ccc2Cl)cc1CNC(C)C. The van der Waals surface area contributed by atoms with E-state index in [1.54, 1.807) is 6.07 Å². The maximum Gasteiger partial charge on any atom is 0.146 e. The van der Waals surface area contributed by atoms with E-state index in [2.05, 4.69) is 35.1 Å².